The van der Waals surface area contributed by atoms with Crippen LogP contribution < -0.4 is 10.1 Å². The molecule has 0 bridgehead atoms. The number of amides is 1. The van der Waals surface area contributed by atoms with Gasteiger partial charge in [0.25, 0.3) is 0 Å². The molecule has 0 radical (unpaired) electrons. The molecular weight excluding hydrogens is 469 g/mol. The Hall–Kier alpha value is -2.30. The number of carbonyl (C=O) groups excluding carboxylic acids is 1. The third kappa shape index (κ3) is 5.19. The van der Waals surface area contributed by atoms with Crippen LogP contribution in [0.3, 0.4) is 0 Å². The SMILES string of the molecule is COc1ccc(S(=O)(=O)N2CCCC(C(=O)Nc3cc(C(F)(F)F)ccc3Cl)C2)cc1C. The van der Waals surface area contributed by atoms with E-state index in [4.69, 9.17) is 16.3 Å². The van der Waals surface area contributed by atoms with Crippen molar-refractivity contribution in [2.24, 2.45) is 5.92 Å². The van der Waals surface area contributed by atoms with Crippen molar-refractivity contribution in [3.8, 4) is 5.75 Å². The van der Waals surface area contributed by atoms with Crippen LogP contribution in [0.5, 0.6) is 5.75 Å². The lowest BCUT2D eigenvalue weighted by Crippen LogP contribution is -2.43. The summed E-state index contributed by atoms with van der Waals surface area (Å²) in [6.45, 7) is 1.88. The average Bonchev–Trinajstić information content (AvgIpc) is 2.74. The first-order valence-corrected chi connectivity index (χ1v) is 11.6. The van der Waals surface area contributed by atoms with Crippen LogP contribution in [0.25, 0.3) is 0 Å². The predicted molar refractivity (Wildman–Crippen MR) is 114 cm³/mol. The Morgan fingerprint density at radius 1 is 1.22 bits per heavy atom. The van der Waals surface area contributed by atoms with Crippen molar-refractivity contribution < 1.29 is 31.1 Å². The number of halogens is 4. The Balaban J connectivity index is 1.77. The summed E-state index contributed by atoms with van der Waals surface area (Å²) < 4.78 is 71.5. The van der Waals surface area contributed by atoms with Gasteiger partial charge in [-0.05, 0) is 61.7 Å². The predicted octanol–water partition coefficient (Wildman–Crippen LogP) is 4.72. The number of ether oxygens (including phenoxy) is 1. The number of alkyl halides is 3. The molecule has 11 heteroatoms. The highest BCUT2D eigenvalue weighted by molar-refractivity contribution is 7.89. The highest BCUT2D eigenvalue weighted by atomic mass is 35.5. The maximum Gasteiger partial charge on any atom is 0.416 e. The number of hydrogen-bond donors (Lipinski definition) is 1. The first-order chi connectivity index (χ1) is 14.9. The fourth-order valence-corrected chi connectivity index (χ4v) is 5.34. The van der Waals surface area contributed by atoms with Crippen LogP contribution in [0.1, 0.15) is 24.0 Å². The van der Waals surface area contributed by atoms with E-state index in [-0.39, 0.29) is 28.7 Å². The molecule has 1 heterocycles. The second-order valence-corrected chi connectivity index (χ2v) is 9.86. The molecule has 1 fully saturated rings. The second-order valence-electron chi connectivity index (χ2n) is 7.52. The number of methoxy groups -OCH3 is 1. The number of rotatable bonds is 5. The molecule has 32 heavy (non-hydrogen) atoms. The van der Waals surface area contributed by atoms with Gasteiger partial charge in [-0.1, -0.05) is 11.6 Å². The fraction of sp³-hybridized carbons (Fsp3) is 0.381. The third-order valence-electron chi connectivity index (χ3n) is 5.31. The topological polar surface area (TPSA) is 75.7 Å². The standard InChI is InChI=1S/C21H22ClF3N2O4S/c1-13-10-16(6-8-19(13)31-2)32(29,30)27-9-3-4-14(12-27)20(28)26-18-11-15(21(23,24)25)5-7-17(18)22/h5-8,10-11,14H,3-4,9,12H2,1-2H3,(H,26,28). The summed E-state index contributed by atoms with van der Waals surface area (Å²) in [4.78, 5) is 12.8. The molecule has 6 nitrogen and oxygen atoms in total. The lowest BCUT2D eigenvalue weighted by Gasteiger charge is -2.31. The zero-order valence-corrected chi connectivity index (χ0v) is 18.9. The van der Waals surface area contributed by atoms with Gasteiger partial charge in [-0.25, -0.2) is 8.42 Å². The number of benzene rings is 2. The molecule has 1 N–H and O–H groups in total. The number of aryl methyl sites for hydroxylation is 1. The zero-order valence-electron chi connectivity index (χ0n) is 17.4. The van der Waals surface area contributed by atoms with Crippen molar-refractivity contribution in [3.05, 3.63) is 52.5 Å². The quantitative estimate of drug-likeness (QED) is 0.658. The number of sulfonamides is 1. The van der Waals surface area contributed by atoms with Gasteiger partial charge in [-0.15, -0.1) is 0 Å². The minimum atomic E-state index is -4.59. The average molecular weight is 491 g/mol. The van der Waals surface area contributed by atoms with Crippen molar-refractivity contribution in [1.29, 1.82) is 0 Å². The summed E-state index contributed by atoms with van der Waals surface area (Å²) >= 11 is 5.95. The van der Waals surface area contributed by atoms with Crippen LogP contribution >= 0.6 is 11.6 Å². The maximum absolute atomic E-state index is 13.1. The largest absolute Gasteiger partial charge is 0.496 e. The van der Waals surface area contributed by atoms with Gasteiger partial charge in [0.1, 0.15) is 5.75 Å². The smallest absolute Gasteiger partial charge is 0.416 e. The Labute approximate surface area is 189 Å². The van der Waals surface area contributed by atoms with Crippen molar-refractivity contribution >= 4 is 33.2 Å². The van der Waals surface area contributed by atoms with E-state index in [2.05, 4.69) is 5.32 Å². The summed E-state index contributed by atoms with van der Waals surface area (Å²) in [6, 6.07) is 7.14. The van der Waals surface area contributed by atoms with Crippen LogP contribution in [-0.2, 0) is 21.0 Å². The Kier molecular flexibility index (Phi) is 7.06. The summed E-state index contributed by atoms with van der Waals surface area (Å²) in [7, 11) is -2.37. The molecule has 174 valence electrons. The summed E-state index contributed by atoms with van der Waals surface area (Å²) in [5, 5.41) is 2.38. The second kappa shape index (κ2) is 9.29. The number of carbonyl (C=O) groups is 1. The molecule has 1 atom stereocenters. The van der Waals surface area contributed by atoms with Crippen molar-refractivity contribution in [2.75, 3.05) is 25.5 Å². The van der Waals surface area contributed by atoms with E-state index in [0.29, 0.717) is 24.2 Å². The fourth-order valence-electron chi connectivity index (χ4n) is 3.57. The van der Waals surface area contributed by atoms with Crippen molar-refractivity contribution in [3.63, 3.8) is 0 Å². The van der Waals surface area contributed by atoms with Crippen molar-refractivity contribution in [2.45, 2.75) is 30.8 Å². The van der Waals surface area contributed by atoms with Crippen LogP contribution in [0.15, 0.2) is 41.3 Å². The van der Waals surface area contributed by atoms with Crippen LogP contribution in [0.4, 0.5) is 18.9 Å². The molecule has 3 rings (SSSR count). The number of nitrogens with one attached hydrogen (secondary N) is 1. The summed E-state index contributed by atoms with van der Waals surface area (Å²) in [5.41, 5.74) is -0.462. The molecule has 0 aliphatic carbocycles. The lowest BCUT2D eigenvalue weighted by molar-refractivity contribution is -0.137. The van der Waals surface area contributed by atoms with Gasteiger partial charge in [0, 0.05) is 13.1 Å². The monoisotopic (exact) mass is 490 g/mol. The van der Waals surface area contributed by atoms with E-state index >= 15 is 0 Å². The zero-order chi connectivity index (χ0) is 23.7. The van der Waals surface area contributed by atoms with Crippen LogP contribution in [-0.4, -0.2) is 38.8 Å². The minimum absolute atomic E-state index is 0.0413. The Bertz CT molecular complexity index is 1120. The summed E-state index contributed by atoms with van der Waals surface area (Å²) in [6.07, 6.45) is -3.75. The molecule has 1 saturated heterocycles. The van der Waals surface area contributed by atoms with Gasteiger partial charge in [-0.3, -0.25) is 4.79 Å². The number of nitrogens with zero attached hydrogens (tertiary/aromatic N) is 1. The van der Waals surface area contributed by atoms with E-state index in [1.807, 2.05) is 0 Å². The van der Waals surface area contributed by atoms with Gasteiger partial charge < -0.3 is 10.1 Å². The molecule has 1 aliphatic rings. The van der Waals surface area contributed by atoms with E-state index in [1.165, 1.54) is 23.5 Å². The van der Waals surface area contributed by atoms with Crippen LogP contribution in [0.2, 0.25) is 5.02 Å². The minimum Gasteiger partial charge on any atom is -0.496 e. The maximum atomic E-state index is 13.1. The molecule has 1 aliphatic heterocycles. The molecule has 0 saturated carbocycles. The van der Waals surface area contributed by atoms with Gasteiger partial charge >= 0.3 is 6.18 Å². The molecule has 0 aromatic heterocycles. The molecule has 2 aromatic rings. The van der Waals surface area contributed by atoms with Gasteiger partial charge in [0.05, 0.1) is 34.2 Å². The number of piperidine rings is 1. The lowest BCUT2D eigenvalue weighted by atomic mass is 9.98. The number of anilines is 1. The number of hydrogen-bond acceptors (Lipinski definition) is 4. The summed E-state index contributed by atoms with van der Waals surface area (Å²) in [5.74, 6) is -0.765. The Morgan fingerprint density at radius 2 is 1.94 bits per heavy atom. The van der Waals surface area contributed by atoms with E-state index in [0.717, 1.165) is 18.2 Å². The molecule has 2 aromatic carbocycles. The highest BCUT2D eigenvalue weighted by Gasteiger charge is 2.35. The van der Waals surface area contributed by atoms with Crippen LogP contribution in [0, 0.1) is 12.8 Å². The molecular formula is C21H22ClF3N2O4S. The van der Waals surface area contributed by atoms with Gasteiger partial charge in [-0.2, -0.15) is 17.5 Å². The normalized spacial score (nSPS) is 17.8. The van der Waals surface area contributed by atoms with Gasteiger partial charge in [0.15, 0.2) is 0 Å². The molecule has 1 amide bonds. The highest BCUT2D eigenvalue weighted by Crippen LogP contribution is 2.34. The van der Waals surface area contributed by atoms with E-state index < -0.39 is 33.6 Å². The molecule has 0 spiro atoms. The third-order valence-corrected chi connectivity index (χ3v) is 7.50. The Morgan fingerprint density at radius 3 is 2.56 bits per heavy atom. The van der Waals surface area contributed by atoms with E-state index in [9.17, 15) is 26.4 Å². The molecule has 1 unspecified atom stereocenters. The first-order valence-electron chi connectivity index (χ1n) is 9.76. The van der Waals surface area contributed by atoms with Crippen molar-refractivity contribution in [1.82, 2.24) is 4.31 Å². The van der Waals surface area contributed by atoms with E-state index in [1.54, 1.807) is 13.0 Å². The first kappa shape index (κ1) is 24.3. The van der Waals surface area contributed by atoms with Gasteiger partial charge in [0.2, 0.25) is 15.9 Å².